The van der Waals surface area contributed by atoms with Gasteiger partial charge < -0.3 is 10.5 Å². The monoisotopic (exact) mass is 262 g/mol. The molecule has 2 rings (SSSR count). The van der Waals surface area contributed by atoms with Crippen molar-refractivity contribution in [1.82, 2.24) is 0 Å². The summed E-state index contributed by atoms with van der Waals surface area (Å²) in [5, 5.41) is 2.77. The standard InChI is InChI=1S/C15H22N2O2/c1-11-5-2-3-8-14(11)19-15(18)17-13-7-4-6-12(9-13)10-16/h4,6-7,9,11,14H,2-3,5,8,10,16H2,1H3,(H,17,18). The topological polar surface area (TPSA) is 64.3 Å². The Labute approximate surface area is 114 Å². The van der Waals surface area contributed by atoms with Crippen molar-refractivity contribution in [3.63, 3.8) is 0 Å². The quantitative estimate of drug-likeness (QED) is 0.878. The van der Waals surface area contributed by atoms with E-state index in [2.05, 4.69) is 12.2 Å². The molecule has 0 saturated heterocycles. The predicted molar refractivity (Wildman–Crippen MR) is 75.9 cm³/mol. The molecule has 1 aromatic rings. The number of hydrogen-bond donors (Lipinski definition) is 2. The number of ether oxygens (including phenoxy) is 1. The lowest BCUT2D eigenvalue weighted by atomic mass is 9.88. The lowest BCUT2D eigenvalue weighted by Gasteiger charge is -2.28. The number of anilines is 1. The van der Waals surface area contributed by atoms with Gasteiger partial charge in [0.05, 0.1) is 0 Å². The molecular formula is C15H22N2O2. The van der Waals surface area contributed by atoms with Gasteiger partial charge in [-0.25, -0.2) is 4.79 Å². The van der Waals surface area contributed by atoms with E-state index in [-0.39, 0.29) is 12.2 Å². The fourth-order valence-electron chi connectivity index (χ4n) is 2.52. The molecule has 1 aliphatic carbocycles. The van der Waals surface area contributed by atoms with Crippen LogP contribution in [0.2, 0.25) is 0 Å². The van der Waals surface area contributed by atoms with Crippen LogP contribution >= 0.6 is 0 Å². The first kappa shape index (κ1) is 13.9. The molecule has 2 atom stereocenters. The van der Waals surface area contributed by atoms with Crippen molar-refractivity contribution in [2.24, 2.45) is 11.7 Å². The average molecular weight is 262 g/mol. The molecule has 1 aliphatic rings. The largest absolute Gasteiger partial charge is 0.446 e. The number of benzene rings is 1. The first-order valence-corrected chi connectivity index (χ1v) is 6.95. The fourth-order valence-corrected chi connectivity index (χ4v) is 2.52. The third kappa shape index (κ3) is 3.96. The smallest absolute Gasteiger partial charge is 0.411 e. The molecule has 3 N–H and O–H groups in total. The van der Waals surface area contributed by atoms with Crippen molar-refractivity contribution < 1.29 is 9.53 Å². The summed E-state index contributed by atoms with van der Waals surface area (Å²) in [6, 6.07) is 7.51. The third-order valence-electron chi connectivity index (χ3n) is 3.70. The van der Waals surface area contributed by atoms with Crippen LogP contribution in [0.5, 0.6) is 0 Å². The van der Waals surface area contributed by atoms with Gasteiger partial charge in [-0.05, 0) is 42.9 Å². The summed E-state index contributed by atoms with van der Waals surface area (Å²) >= 11 is 0. The van der Waals surface area contributed by atoms with Crippen molar-refractivity contribution >= 4 is 11.8 Å². The summed E-state index contributed by atoms with van der Waals surface area (Å²) in [5.74, 6) is 0.454. The maximum atomic E-state index is 11.9. The molecule has 0 heterocycles. The number of carbonyl (C=O) groups is 1. The Morgan fingerprint density at radius 2 is 2.21 bits per heavy atom. The van der Waals surface area contributed by atoms with Crippen LogP contribution in [-0.4, -0.2) is 12.2 Å². The van der Waals surface area contributed by atoms with E-state index in [4.69, 9.17) is 10.5 Å². The van der Waals surface area contributed by atoms with Gasteiger partial charge in [0.15, 0.2) is 0 Å². The van der Waals surface area contributed by atoms with E-state index < -0.39 is 0 Å². The van der Waals surface area contributed by atoms with Gasteiger partial charge in [0.2, 0.25) is 0 Å². The van der Waals surface area contributed by atoms with Crippen LogP contribution in [-0.2, 0) is 11.3 Å². The molecule has 2 unspecified atom stereocenters. The van der Waals surface area contributed by atoms with Crippen molar-refractivity contribution in [1.29, 1.82) is 0 Å². The summed E-state index contributed by atoms with van der Waals surface area (Å²) in [5.41, 5.74) is 7.30. The summed E-state index contributed by atoms with van der Waals surface area (Å²) in [4.78, 5) is 11.9. The van der Waals surface area contributed by atoms with Gasteiger partial charge in [-0.15, -0.1) is 0 Å². The van der Waals surface area contributed by atoms with Crippen LogP contribution in [0.1, 0.15) is 38.2 Å². The van der Waals surface area contributed by atoms with Crippen LogP contribution < -0.4 is 11.1 Å². The van der Waals surface area contributed by atoms with Crippen LogP contribution in [0, 0.1) is 5.92 Å². The number of hydrogen-bond acceptors (Lipinski definition) is 3. The lowest BCUT2D eigenvalue weighted by molar-refractivity contribution is 0.0524. The Morgan fingerprint density at radius 1 is 1.42 bits per heavy atom. The molecule has 4 nitrogen and oxygen atoms in total. The Hall–Kier alpha value is -1.55. The van der Waals surface area contributed by atoms with Crippen molar-refractivity contribution in [2.45, 2.75) is 45.3 Å². The minimum absolute atomic E-state index is 0.0476. The van der Waals surface area contributed by atoms with E-state index >= 15 is 0 Å². The average Bonchev–Trinajstić information content (AvgIpc) is 2.41. The molecule has 19 heavy (non-hydrogen) atoms. The number of carbonyl (C=O) groups excluding carboxylic acids is 1. The highest BCUT2D eigenvalue weighted by Gasteiger charge is 2.24. The minimum atomic E-state index is -0.368. The second-order valence-corrected chi connectivity index (χ2v) is 5.24. The van der Waals surface area contributed by atoms with Crippen molar-refractivity contribution in [3.8, 4) is 0 Å². The van der Waals surface area contributed by atoms with Crippen molar-refractivity contribution in [2.75, 3.05) is 5.32 Å². The number of rotatable bonds is 3. The SMILES string of the molecule is CC1CCCCC1OC(=O)Nc1cccc(CN)c1. The van der Waals surface area contributed by atoms with Gasteiger partial charge in [-0.2, -0.15) is 0 Å². The second kappa shape index (κ2) is 6.57. The summed E-state index contributed by atoms with van der Waals surface area (Å²) < 4.78 is 5.50. The molecule has 1 fully saturated rings. The molecule has 0 bridgehead atoms. The van der Waals surface area contributed by atoms with E-state index in [1.165, 1.54) is 6.42 Å². The highest BCUT2D eigenvalue weighted by Crippen LogP contribution is 2.26. The number of nitrogens with one attached hydrogen (secondary N) is 1. The van der Waals surface area contributed by atoms with Crippen LogP contribution in [0.25, 0.3) is 0 Å². The van der Waals surface area contributed by atoms with E-state index in [1.54, 1.807) is 0 Å². The molecule has 104 valence electrons. The zero-order chi connectivity index (χ0) is 13.7. The van der Waals surface area contributed by atoms with Gasteiger partial charge >= 0.3 is 6.09 Å². The summed E-state index contributed by atoms with van der Waals surface area (Å²) in [6.07, 6.45) is 4.17. The molecule has 0 radical (unpaired) electrons. The van der Waals surface area contributed by atoms with E-state index in [0.717, 1.165) is 30.5 Å². The zero-order valence-electron chi connectivity index (χ0n) is 11.4. The number of nitrogens with two attached hydrogens (primary N) is 1. The van der Waals surface area contributed by atoms with Crippen molar-refractivity contribution in [3.05, 3.63) is 29.8 Å². The van der Waals surface area contributed by atoms with E-state index in [9.17, 15) is 4.79 Å². The molecule has 0 spiro atoms. The predicted octanol–water partition coefficient (Wildman–Crippen LogP) is 3.27. The maximum absolute atomic E-state index is 11.9. The van der Waals surface area contributed by atoms with Crippen LogP contribution in [0.4, 0.5) is 10.5 Å². The van der Waals surface area contributed by atoms with Gasteiger partial charge in [-0.3, -0.25) is 5.32 Å². The lowest BCUT2D eigenvalue weighted by Crippen LogP contribution is -2.30. The fraction of sp³-hybridized carbons (Fsp3) is 0.533. The maximum Gasteiger partial charge on any atom is 0.411 e. The normalized spacial score (nSPS) is 22.8. The Bertz CT molecular complexity index is 434. The first-order chi connectivity index (χ1) is 9.19. The molecule has 0 aliphatic heterocycles. The highest BCUT2D eigenvalue weighted by atomic mass is 16.6. The molecule has 4 heteroatoms. The Balaban J connectivity index is 1.89. The second-order valence-electron chi connectivity index (χ2n) is 5.24. The van der Waals surface area contributed by atoms with Gasteiger partial charge in [0.25, 0.3) is 0 Å². The van der Waals surface area contributed by atoms with Gasteiger partial charge in [-0.1, -0.05) is 25.5 Å². The molecule has 1 saturated carbocycles. The minimum Gasteiger partial charge on any atom is -0.446 e. The zero-order valence-corrected chi connectivity index (χ0v) is 11.4. The molecule has 1 amide bonds. The molecule has 1 aromatic carbocycles. The van der Waals surface area contributed by atoms with Crippen LogP contribution in [0.15, 0.2) is 24.3 Å². The van der Waals surface area contributed by atoms with Crippen LogP contribution in [0.3, 0.4) is 0 Å². The molecule has 0 aromatic heterocycles. The summed E-state index contributed by atoms with van der Waals surface area (Å²) in [6.45, 7) is 2.61. The third-order valence-corrected chi connectivity index (χ3v) is 3.70. The van der Waals surface area contributed by atoms with E-state index in [1.807, 2.05) is 24.3 Å². The first-order valence-electron chi connectivity index (χ1n) is 6.95. The Kier molecular flexibility index (Phi) is 4.80. The van der Waals surface area contributed by atoms with Gasteiger partial charge in [0, 0.05) is 12.2 Å². The Morgan fingerprint density at radius 3 is 2.95 bits per heavy atom. The van der Waals surface area contributed by atoms with E-state index in [0.29, 0.717) is 12.5 Å². The van der Waals surface area contributed by atoms with Gasteiger partial charge in [0.1, 0.15) is 6.10 Å². The molecular weight excluding hydrogens is 240 g/mol. The highest BCUT2D eigenvalue weighted by molar-refractivity contribution is 5.84. The number of amides is 1. The summed E-state index contributed by atoms with van der Waals surface area (Å²) in [7, 11) is 0.